The molecule has 0 aliphatic carbocycles. The molecular formula is C13H12N4O. The molecule has 0 saturated carbocycles. The largest absolute Gasteiger partial charge is 0.398 e. The fourth-order valence-electron chi connectivity index (χ4n) is 1.37. The van der Waals surface area contributed by atoms with E-state index in [1.54, 1.807) is 42.6 Å². The van der Waals surface area contributed by atoms with Crippen LogP contribution < -0.4 is 11.2 Å². The Bertz CT molecular complexity index is 566. The Labute approximate surface area is 104 Å². The Morgan fingerprint density at radius 2 is 2.00 bits per heavy atom. The highest BCUT2D eigenvalue weighted by atomic mass is 16.2. The summed E-state index contributed by atoms with van der Waals surface area (Å²) in [6.45, 7) is 0. The molecule has 0 fully saturated rings. The van der Waals surface area contributed by atoms with Gasteiger partial charge in [0, 0.05) is 11.9 Å². The third-order valence-corrected chi connectivity index (χ3v) is 2.26. The molecule has 5 nitrogen and oxygen atoms in total. The highest BCUT2D eigenvalue weighted by molar-refractivity contribution is 5.99. The molecule has 0 saturated heterocycles. The molecule has 0 atom stereocenters. The predicted molar refractivity (Wildman–Crippen MR) is 70.2 cm³/mol. The van der Waals surface area contributed by atoms with E-state index in [0.717, 1.165) is 0 Å². The minimum absolute atomic E-state index is 0.347. The van der Waals surface area contributed by atoms with Crippen LogP contribution in [-0.2, 0) is 0 Å². The fourth-order valence-corrected chi connectivity index (χ4v) is 1.37. The number of hydrogen-bond acceptors (Lipinski definition) is 4. The second-order valence-corrected chi connectivity index (χ2v) is 3.54. The van der Waals surface area contributed by atoms with Crippen LogP contribution in [0.15, 0.2) is 53.8 Å². The number of nitrogen functional groups attached to an aromatic ring is 1. The number of benzene rings is 1. The van der Waals surface area contributed by atoms with Gasteiger partial charge in [-0.25, -0.2) is 5.43 Å². The smallest absolute Gasteiger partial charge is 0.273 e. The van der Waals surface area contributed by atoms with Crippen LogP contribution in [0.4, 0.5) is 5.69 Å². The fraction of sp³-hybridized carbons (Fsp3) is 0. The number of amides is 1. The van der Waals surface area contributed by atoms with Crippen molar-refractivity contribution in [3.05, 3.63) is 59.9 Å². The minimum atomic E-state index is -0.347. The van der Waals surface area contributed by atoms with E-state index < -0.39 is 0 Å². The number of hydrazone groups is 1. The van der Waals surface area contributed by atoms with Gasteiger partial charge in [0.15, 0.2) is 0 Å². The van der Waals surface area contributed by atoms with Gasteiger partial charge in [0.25, 0.3) is 5.91 Å². The number of hydrogen-bond donors (Lipinski definition) is 2. The van der Waals surface area contributed by atoms with Crippen LogP contribution in [0.5, 0.6) is 0 Å². The monoisotopic (exact) mass is 240 g/mol. The molecule has 1 heterocycles. The van der Waals surface area contributed by atoms with Crippen molar-refractivity contribution < 1.29 is 4.79 Å². The van der Waals surface area contributed by atoms with Gasteiger partial charge in [-0.05, 0) is 24.3 Å². The number of para-hydroxylation sites is 1. The first-order valence-corrected chi connectivity index (χ1v) is 5.36. The highest BCUT2D eigenvalue weighted by Gasteiger charge is 2.06. The van der Waals surface area contributed by atoms with E-state index >= 15 is 0 Å². The summed E-state index contributed by atoms with van der Waals surface area (Å²) < 4.78 is 0. The summed E-state index contributed by atoms with van der Waals surface area (Å²) in [6, 6.07) is 12.2. The Kier molecular flexibility index (Phi) is 3.66. The maximum atomic E-state index is 11.7. The lowest BCUT2D eigenvalue weighted by Crippen LogP contribution is -2.19. The molecule has 0 aliphatic rings. The number of nitrogens with one attached hydrogen (secondary N) is 1. The number of rotatable bonds is 3. The lowest BCUT2D eigenvalue weighted by molar-refractivity contribution is 0.0956. The van der Waals surface area contributed by atoms with Gasteiger partial charge in [0.2, 0.25) is 0 Å². The molecule has 1 aromatic carbocycles. The van der Waals surface area contributed by atoms with E-state index in [1.165, 1.54) is 6.21 Å². The van der Waals surface area contributed by atoms with Crippen molar-refractivity contribution in [3.8, 4) is 0 Å². The topological polar surface area (TPSA) is 80.4 Å². The highest BCUT2D eigenvalue weighted by Crippen LogP contribution is 2.09. The molecule has 1 aromatic heterocycles. The van der Waals surface area contributed by atoms with Crippen LogP contribution in [0.1, 0.15) is 16.1 Å². The van der Waals surface area contributed by atoms with Crippen LogP contribution in [-0.4, -0.2) is 17.1 Å². The Morgan fingerprint density at radius 1 is 1.22 bits per heavy atom. The summed E-state index contributed by atoms with van der Waals surface area (Å²) in [4.78, 5) is 15.8. The van der Waals surface area contributed by atoms with Gasteiger partial charge < -0.3 is 5.73 Å². The maximum absolute atomic E-state index is 11.7. The first kappa shape index (κ1) is 11.8. The number of pyridine rings is 1. The third-order valence-electron chi connectivity index (χ3n) is 2.26. The Hall–Kier alpha value is -2.69. The third kappa shape index (κ3) is 2.91. The molecule has 0 radical (unpaired) electrons. The second kappa shape index (κ2) is 5.58. The molecule has 3 N–H and O–H groups in total. The average molecular weight is 240 g/mol. The first-order chi connectivity index (χ1) is 8.77. The number of nitrogens with zero attached hydrogens (tertiary/aromatic N) is 2. The van der Waals surface area contributed by atoms with Gasteiger partial charge in [-0.3, -0.25) is 9.78 Å². The van der Waals surface area contributed by atoms with Crippen molar-refractivity contribution in [2.75, 3.05) is 5.73 Å². The van der Waals surface area contributed by atoms with E-state index in [4.69, 9.17) is 5.73 Å². The van der Waals surface area contributed by atoms with E-state index in [9.17, 15) is 4.79 Å². The molecule has 2 rings (SSSR count). The number of carbonyl (C=O) groups excluding carboxylic acids is 1. The van der Waals surface area contributed by atoms with Crippen LogP contribution >= 0.6 is 0 Å². The summed E-state index contributed by atoms with van der Waals surface area (Å²) in [5.74, 6) is -0.347. The molecule has 90 valence electrons. The minimum Gasteiger partial charge on any atom is -0.398 e. The van der Waals surface area contributed by atoms with E-state index in [1.807, 2.05) is 6.07 Å². The van der Waals surface area contributed by atoms with Gasteiger partial charge in [-0.15, -0.1) is 0 Å². The molecule has 0 unspecified atom stereocenters. The summed E-state index contributed by atoms with van der Waals surface area (Å²) >= 11 is 0. The number of anilines is 1. The number of nitrogens with two attached hydrogens (primary N) is 1. The molecule has 2 aromatic rings. The van der Waals surface area contributed by atoms with Crippen molar-refractivity contribution in [2.24, 2.45) is 5.10 Å². The molecular weight excluding hydrogens is 228 g/mol. The van der Waals surface area contributed by atoms with Gasteiger partial charge in [0.1, 0.15) is 0 Å². The molecule has 0 spiro atoms. The van der Waals surface area contributed by atoms with Crippen molar-refractivity contribution in [2.45, 2.75) is 0 Å². The van der Waals surface area contributed by atoms with E-state index in [0.29, 0.717) is 16.9 Å². The van der Waals surface area contributed by atoms with E-state index in [-0.39, 0.29) is 5.91 Å². The lowest BCUT2D eigenvalue weighted by atomic mass is 10.2. The van der Waals surface area contributed by atoms with E-state index in [2.05, 4.69) is 15.5 Å². The SMILES string of the molecule is Nc1ccccc1C(=O)N/N=C/c1ccccn1. The van der Waals surface area contributed by atoms with Crippen molar-refractivity contribution in [1.29, 1.82) is 0 Å². The van der Waals surface area contributed by atoms with Gasteiger partial charge in [-0.2, -0.15) is 5.10 Å². The van der Waals surface area contributed by atoms with Crippen molar-refractivity contribution in [3.63, 3.8) is 0 Å². The van der Waals surface area contributed by atoms with Crippen molar-refractivity contribution in [1.82, 2.24) is 10.4 Å². The molecule has 0 bridgehead atoms. The normalized spacial score (nSPS) is 10.4. The lowest BCUT2D eigenvalue weighted by Gasteiger charge is -2.02. The molecule has 1 amide bonds. The summed E-state index contributed by atoms with van der Waals surface area (Å²) in [7, 11) is 0. The van der Waals surface area contributed by atoms with Crippen molar-refractivity contribution >= 4 is 17.8 Å². The summed E-state index contributed by atoms with van der Waals surface area (Å²) in [6.07, 6.45) is 3.12. The molecule has 0 aliphatic heterocycles. The zero-order valence-corrected chi connectivity index (χ0v) is 9.58. The van der Waals surface area contributed by atoms with Gasteiger partial charge in [0.05, 0.1) is 17.5 Å². The van der Waals surface area contributed by atoms with Crippen LogP contribution in [0.3, 0.4) is 0 Å². The predicted octanol–water partition coefficient (Wildman–Crippen LogP) is 1.43. The molecule has 18 heavy (non-hydrogen) atoms. The Balaban J connectivity index is 2.01. The number of carbonyl (C=O) groups is 1. The number of aromatic nitrogens is 1. The summed E-state index contributed by atoms with van der Waals surface area (Å²) in [5, 5.41) is 3.82. The summed E-state index contributed by atoms with van der Waals surface area (Å²) in [5.41, 5.74) is 9.56. The quantitative estimate of drug-likeness (QED) is 0.484. The standard InChI is InChI=1S/C13H12N4O/c14-12-7-2-1-6-11(12)13(18)17-16-9-10-5-3-4-8-15-10/h1-9H,14H2,(H,17,18)/b16-9+. The van der Waals surface area contributed by atoms with Crippen LogP contribution in [0.25, 0.3) is 0 Å². The molecule has 5 heteroatoms. The first-order valence-electron chi connectivity index (χ1n) is 5.36. The Morgan fingerprint density at radius 3 is 2.72 bits per heavy atom. The van der Waals surface area contributed by atoms with Crippen LogP contribution in [0.2, 0.25) is 0 Å². The maximum Gasteiger partial charge on any atom is 0.273 e. The van der Waals surface area contributed by atoms with Gasteiger partial charge >= 0.3 is 0 Å². The second-order valence-electron chi connectivity index (χ2n) is 3.54. The average Bonchev–Trinajstić information content (AvgIpc) is 2.40. The van der Waals surface area contributed by atoms with Crippen LogP contribution in [0, 0.1) is 0 Å². The van der Waals surface area contributed by atoms with Gasteiger partial charge in [-0.1, -0.05) is 18.2 Å². The zero-order chi connectivity index (χ0) is 12.8. The zero-order valence-electron chi connectivity index (χ0n) is 9.58.